The van der Waals surface area contributed by atoms with Crippen LogP contribution in [0.25, 0.3) is 0 Å². The van der Waals surface area contributed by atoms with E-state index in [1.165, 1.54) is 6.42 Å². The van der Waals surface area contributed by atoms with Crippen LogP contribution in [0.15, 0.2) is 0 Å². The van der Waals surface area contributed by atoms with Gasteiger partial charge in [-0.25, -0.2) is 4.79 Å². The van der Waals surface area contributed by atoms with Gasteiger partial charge in [0.2, 0.25) is 0 Å². The summed E-state index contributed by atoms with van der Waals surface area (Å²) in [7, 11) is 0. The van der Waals surface area contributed by atoms with E-state index in [4.69, 9.17) is 10.5 Å². The summed E-state index contributed by atoms with van der Waals surface area (Å²) >= 11 is 0. The Morgan fingerprint density at radius 1 is 1.55 bits per heavy atom. The van der Waals surface area contributed by atoms with E-state index in [0.29, 0.717) is 5.92 Å². The topological polar surface area (TPSA) is 52.3 Å². The lowest BCUT2D eigenvalue weighted by Gasteiger charge is -2.25. The van der Waals surface area contributed by atoms with Gasteiger partial charge in [-0.3, -0.25) is 0 Å². The van der Waals surface area contributed by atoms with Gasteiger partial charge in [0.05, 0.1) is 0 Å². The first-order valence-electron chi connectivity index (χ1n) is 4.14. The Labute approximate surface area is 66.9 Å². The fourth-order valence-electron chi connectivity index (χ4n) is 1.65. The van der Waals surface area contributed by atoms with E-state index in [-0.39, 0.29) is 6.10 Å². The third kappa shape index (κ3) is 2.78. The summed E-state index contributed by atoms with van der Waals surface area (Å²) in [5.41, 5.74) is 4.91. The summed E-state index contributed by atoms with van der Waals surface area (Å²) < 4.78 is 4.90. The number of carbonyl (C=O) groups is 1. The van der Waals surface area contributed by atoms with E-state index >= 15 is 0 Å². The molecule has 3 heteroatoms. The van der Waals surface area contributed by atoms with Crippen molar-refractivity contribution >= 4 is 6.09 Å². The number of hydrogen-bond acceptors (Lipinski definition) is 2. The number of rotatable bonds is 1. The SMILES string of the molecule is C[C@@H]1CCCC(OC(N)=O)C1. The van der Waals surface area contributed by atoms with Crippen molar-refractivity contribution in [1.82, 2.24) is 0 Å². The van der Waals surface area contributed by atoms with Crippen molar-refractivity contribution in [3.8, 4) is 0 Å². The molecule has 64 valence electrons. The van der Waals surface area contributed by atoms with E-state index in [2.05, 4.69) is 6.92 Å². The number of ether oxygens (including phenoxy) is 1. The van der Waals surface area contributed by atoms with Crippen LogP contribution in [0.5, 0.6) is 0 Å². The van der Waals surface area contributed by atoms with Crippen LogP contribution in [-0.2, 0) is 4.74 Å². The molecule has 0 heterocycles. The molecule has 0 aromatic heterocycles. The molecular weight excluding hydrogens is 142 g/mol. The molecule has 0 radical (unpaired) electrons. The van der Waals surface area contributed by atoms with Crippen molar-refractivity contribution in [2.45, 2.75) is 38.7 Å². The predicted molar refractivity (Wildman–Crippen MR) is 42.1 cm³/mol. The van der Waals surface area contributed by atoms with Crippen LogP contribution in [0, 0.1) is 5.92 Å². The van der Waals surface area contributed by atoms with Crippen LogP contribution in [0.4, 0.5) is 4.79 Å². The highest BCUT2D eigenvalue weighted by molar-refractivity contribution is 5.64. The minimum Gasteiger partial charge on any atom is -0.446 e. The molecule has 1 amide bonds. The van der Waals surface area contributed by atoms with Crippen LogP contribution in [0.3, 0.4) is 0 Å². The molecule has 1 aliphatic rings. The van der Waals surface area contributed by atoms with E-state index in [1.54, 1.807) is 0 Å². The Hall–Kier alpha value is -0.730. The molecular formula is C8H15NO2. The Morgan fingerprint density at radius 2 is 2.27 bits per heavy atom. The van der Waals surface area contributed by atoms with Gasteiger partial charge in [-0.2, -0.15) is 0 Å². The van der Waals surface area contributed by atoms with Gasteiger partial charge in [0.25, 0.3) is 0 Å². The summed E-state index contributed by atoms with van der Waals surface area (Å²) in [6, 6.07) is 0. The van der Waals surface area contributed by atoms with Gasteiger partial charge in [-0.15, -0.1) is 0 Å². The van der Waals surface area contributed by atoms with Crippen LogP contribution < -0.4 is 5.73 Å². The van der Waals surface area contributed by atoms with E-state index in [9.17, 15) is 4.79 Å². The monoisotopic (exact) mass is 157 g/mol. The van der Waals surface area contributed by atoms with Gasteiger partial charge in [0.1, 0.15) is 6.10 Å². The summed E-state index contributed by atoms with van der Waals surface area (Å²) in [6.45, 7) is 2.18. The van der Waals surface area contributed by atoms with Crippen molar-refractivity contribution in [2.75, 3.05) is 0 Å². The molecule has 11 heavy (non-hydrogen) atoms. The molecule has 1 unspecified atom stereocenters. The lowest BCUT2D eigenvalue weighted by molar-refractivity contribution is 0.0691. The summed E-state index contributed by atoms with van der Waals surface area (Å²) in [4.78, 5) is 10.4. The minimum atomic E-state index is -0.635. The van der Waals surface area contributed by atoms with E-state index in [0.717, 1.165) is 19.3 Å². The molecule has 0 spiro atoms. The van der Waals surface area contributed by atoms with Crippen LogP contribution in [0.2, 0.25) is 0 Å². The third-order valence-electron chi connectivity index (χ3n) is 2.17. The van der Waals surface area contributed by atoms with Gasteiger partial charge in [0.15, 0.2) is 0 Å². The summed E-state index contributed by atoms with van der Waals surface area (Å²) in [5, 5.41) is 0. The average molecular weight is 157 g/mol. The Kier molecular flexibility index (Phi) is 2.74. The number of nitrogens with two attached hydrogens (primary N) is 1. The van der Waals surface area contributed by atoms with E-state index < -0.39 is 6.09 Å². The molecule has 1 aliphatic carbocycles. The maximum absolute atomic E-state index is 10.4. The first kappa shape index (κ1) is 8.37. The van der Waals surface area contributed by atoms with Crippen molar-refractivity contribution < 1.29 is 9.53 Å². The highest BCUT2D eigenvalue weighted by atomic mass is 16.6. The second-order valence-electron chi connectivity index (χ2n) is 3.33. The second-order valence-corrected chi connectivity index (χ2v) is 3.33. The molecule has 0 bridgehead atoms. The summed E-state index contributed by atoms with van der Waals surface area (Å²) in [6.07, 6.45) is 3.80. The molecule has 1 fully saturated rings. The molecule has 0 saturated heterocycles. The Bertz CT molecular complexity index is 147. The fraction of sp³-hybridized carbons (Fsp3) is 0.875. The van der Waals surface area contributed by atoms with Crippen molar-refractivity contribution in [2.24, 2.45) is 11.7 Å². The molecule has 1 rings (SSSR count). The molecule has 0 aromatic carbocycles. The molecule has 2 N–H and O–H groups in total. The fourth-order valence-corrected chi connectivity index (χ4v) is 1.65. The van der Waals surface area contributed by atoms with Gasteiger partial charge >= 0.3 is 6.09 Å². The first-order valence-corrected chi connectivity index (χ1v) is 4.14. The first-order chi connectivity index (χ1) is 5.18. The zero-order chi connectivity index (χ0) is 8.27. The number of hydrogen-bond donors (Lipinski definition) is 1. The molecule has 0 aliphatic heterocycles. The predicted octanol–water partition coefficient (Wildman–Crippen LogP) is 1.66. The molecule has 0 aromatic rings. The zero-order valence-electron chi connectivity index (χ0n) is 6.88. The Balaban J connectivity index is 2.28. The van der Waals surface area contributed by atoms with Gasteiger partial charge in [0, 0.05) is 0 Å². The number of amides is 1. The zero-order valence-corrected chi connectivity index (χ0v) is 6.88. The van der Waals surface area contributed by atoms with Crippen LogP contribution >= 0.6 is 0 Å². The van der Waals surface area contributed by atoms with Crippen molar-refractivity contribution in [3.63, 3.8) is 0 Å². The number of carbonyl (C=O) groups excluding carboxylic acids is 1. The minimum absolute atomic E-state index is 0.0799. The van der Waals surface area contributed by atoms with Crippen LogP contribution in [-0.4, -0.2) is 12.2 Å². The quantitative estimate of drug-likeness (QED) is 0.629. The standard InChI is InChI=1S/C8H15NO2/c1-6-3-2-4-7(5-6)11-8(9)10/h6-7H,2-5H2,1H3,(H2,9,10)/t6-,7?/m1/s1. The smallest absolute Gasteiger partial charge is 0.404 e. The molecule has 1 saturated carbocycles. The van der Waals surface area contributed by atoms with Crippen molar-refractivity contribution in [3.05, 3.63) is 0 Å². The van der Waals surface area contributed by atoms with Crippen LogP contribution in [0.1, 0.15) is 32.6 Å². The maximum atomic E-state index is 10.4. The normalized spacial score (nSPS) is 31.4. The average Bonchev–Trinajstić information content (AvgIpc) is 1.85. The van der Waals surface area contributed by atoms with Gasteiger partial charge < -0.3 is 10.5 Å². The van der Waals surface area contributed by atoms with Gasteiger partial charge in [-0.1, -0.05) is 13.3 Å². The maximum Gasteiger partial charge on any atom is 0.404 e. The highest BCUT2D eigenvalue weighted by Gasteiger charge is 2.20. The summed E-state index contributed by atoms with van der Waals surface area (Å²) in [5.74, 6) is 0.674. The molecule has 3 nitrogen and oxygen atoms in total. The van der Waals surface area contributed by atoms with E-state index in [1.807, 2.05) is 0 Å². The van der Waals surface area contributed by atoms with Gasteiger partial charge in [-0.05, 0) is 25.2 Å². The Morgan fingerprint density at radius 3 is 2.82 bits per heavy atom. The lowest BCUT2D eigenvalue weighted by atomic mass is 9.89. The third-order valence-corrected chi connectivity index (χ3v) is 2.17. The number of primary amides is 1. The highest BCUT2D eigenvalue weighted by Crippen LogP contribution is 2.25. The lowest BCUT2D eigenvalue weighted by Crippen LogP contribution is -2.27. The largest absolute Gasteiger partial charge is 0.446 e. The molecule has 2 atom stereocenters. The second kappa shape index (κ2) is 3.60. The van der Waals surface area contributed by atoms with Crippen molar-refractivity contribution in [1.29, 1.82) is 0 Å².